The fourth-order valence-corrected chi connectivity index (χ4v) is 6.14. The maximum Gasteiger partial charge on any atom is 0.244 e. The Hall–Kier alpha value is -2.29. The van der Waals surface area contributed by atoms with Gasteiger partial charge in [0.1, 0.15) is 12.6 Å². The van der Waals surface area contributed by atoms with Crippen molar-refractivity contribution in [3.63, 3.8) is 0 Å². The molecule has 2 aromatic carbocycles. The lowest BCUT2D eigenvalue weighted by Crippen LogP contribution is -2.54. The van der Waals surface area contributed by atoms with Gasteiger partial charge in [-0.05, 0) is 49.4 Å². The Morgan fingerprint density at radius 1 is 1.05 bits per heavy atom. The number of hydrogen-bond donors (Lipinski definition) is 1. The van der Waals surface area contributed by atoms with E-state index in [1.165, 1.54) is 29.5 Å². The van der Waals surface area contributed by atoms with Crippen LogP contribution in [0.25, 0.3) is 0 Å². The number of nitrogens with zero attached hydrogens (tertiary/aromatic N) is 2. The van der Waals surface area contributed by atoms with Gasteiger partial charge in [-0.25, -0.2) is 8.42 Å². The highest BCUT2D eigenvalue weighted by Gasteiger charge is 2.33. The molecular weight excluding hydrogens is 533 g/mol. The molecule has 10 heteroatoms. The molecule has 0 saturated heterocycles. The SMILES string of the molecule is CC[C@H](C(=O)NC1CCCCC1)N(CCc1ccccc1)C(=O)CN(c1ccc(Cl)cc1Cl)S(C)(=O)=O. The lowest BCUT2D eigenvalue weighted by Gasteiger charge is -2.34. The maximum absolute atomic E-state index is 13.7. The van der Waals surface area contributed by atoms with Crippen molar-refractivity contribution in [2.24, 2.45) is 0 Å². The van der Waals surface area contributed by atoms with Gasteiger partial charge in [-0.3, -0.25) is 13.9 Å². The van der Waals surface area contributed by atoms with Crippen molar-refractivity contribution >= 4 is 50.7 Å². The van der Waals surface area contributed by atoms with Crippen LogP contribution in [0.3, 0.4) is 0 Å². The first kappa shape index (κ1) is 29.3. The zero-order valence-corrected chi connectivity index (χ0v) is 23.7. The summed E-state index contributed by atoms with van der Waals surface area (Å²) in [7, 11) is -3.87. The second kappa shape index (κ2) is 13.5. The number of benzene rings is 2. The Morgan fingerprint density at radius 3 is 2.32 bits per heavy atom. The molecule has 0 bridgehead atoms. The van der Waals surface area contributed by atoms with Gasteiger partial charge in [0.25, 0.3) is 0 Å². The summed E-state index contributed by atoms with van der Waals surface area (Å²) in [6.07, 6.45) is 7.12. The molecule has 2 amide bonds. The molecule has 0 aromatic heterocycles. The summed E-state index contributed by atoms with van der Waals surface area (Å²) in [6, 6.07) is 13.5. The normalized spacial score (nSPS) is 15.1. The third-order valence-electron chi connectivity index (χ3n) is 6.68. The predicted molar refractivity (Wildman–Crippen MR) is 150 cm³/mol. The average Bonchev–Trinajstić information content (AvgIpc) is 2.86. The standard InChI is InChI=1S/C27H35Cl2N3O4S/c1-3-24(27(34)30-22-12-8-5-9-13-22)31(17-16-20-10-6-4-7-11-20)26(33)19-32(37(2,35)36)25-15-14-21(28)18-23(25)29/h4,6-7,10-11,14-15,18,22,24H,3,5,8-9,12-13,16-17,19H2,1-2H3,(H,30,34)/t24-/m1/s1. The molecule has 1 saturated carbocycles. The average molecular weight is 569 g/mol. The van der Waals surface area contributed by atoms with Gasteiger partial charge < -0.3 is 10.2 Å². The van der Waals surface area contributed by atoms with E-state index in [1.54, 1.807) is 0 Å². The van der Waals surface area contributed by atoms with Crippen LogP contribution in [0.4, 0.5) is 5.69 Å². The molecular formula is C27H35Cl2N3O4S. The van der Waals surface area contributed by atoms with E-state index in [0.717, 1.165) is 41.8 Å². The fourth-order valence-electron chi connectivity index (χ4n) is 4.72. The summed E-state index contributed by atoms with van der Waals surface area (Å²) in [5.41, 5.74) is 1.17. The Morgan fingerprint density at radius 2 is 1.73 bits per heavy atom. The molecule has 202 valence electrons. The molecule has 0 unspecified atom stereocenters. The molecule has 7 nitrogen and oxygen atoms in total. The third kappa shape index (κ3) is 8.35. The zero-order chi connectivity index (χ0) is 27.0. The Labute approximate surface area is 230 Å². The summed E-state index contributed by atoms with van der Waals surface area (Å²) in [6.45, 7) is 1.64. The van der Waals surface area contributed by atoms with Crippen molar-refractivity contribution in [1.29, 1.82) is 0 Å². The highest BCUT2D eigenvalue weighted by molar-refractivity contribution is 7.92. The van der Waals surface area contributed by atoms with Crippen molar-refractivity contribution in [2.45, 2.75) is 64.0 Å². The van der Waals surface area contributed by atoms with E-state index in [0.29, 0.717) is 17.9 Å². The highest BCUT2D eigenvalue weighted by atomic mass is 35.5. The van der Waals surface area contributed by atoms with Crippen molar-refractivity contribution in [1.82, 2.24) is 10.2 Å². The predicted octanol–water partition coefficient (Wildman–Crippen LogP) is 5.06. The summed E-state index contributed by atoms with van der Waals surface area (Å²) in [4.78, 5) is 28.6. The number of rotatable bonds is 11. The van der Waals surface area contributed by atoms with Crippen LogP contribution in [0, 0.1) is 0 Å². The summed E-state index contributed by atoms with van der Waals surface area (Å²) in [5.74, 6) is -0.677. The van der Waals surface area contributed by atoms with E-state index >= 15 is 0 Å². The van der Waals surface area contributed by atoms with Gasteiger partial charge in [-0.2, -0.15) is 0 Å². The molecule has 1 fully saturated rings. The monoisotopic (exact) mass is 567 g/mol. The summed E-state index contributed by atoms with van der Waals surface area (Å²) >= 11 is 12.3. The van der Waals surface area contributed by atoms with E-state index in [4.69, 9.17) is 23.2 Å². The second-order valence-corrected chi connectivity index (χ2v) is 12.2. The van der Waals surface area contributed by atoms with Crippen LogP contribution < -0.4 is 9.62 Å². The first-order chi connectivity index (χ1) is 17.6. The van der Waals surface area contributed by atoms with Crippen LogP contribution >= 0.6 is 23.2 Å². The molecule has 1 N–H and O–H groups in total. The number of carbonyl (C=O) groups is 2. The molecule has 1 aliphatic rings. The number of nitrogens with one attached hydrogen (secondary N) is 1. The van der Waals surface area contributed by atoms with Crippen LogP contribution in [0.5, 0.6) is 0 Å². The molecule has 1 aliphatic carbocycles. The Bertz CT molecular complexity index is 1170. The highest BCUT2D eigenvalue weighted by Crippen LogP contribution is 2.30. The number of halogens is 2. The fraction of sp³-hybridized carbons (Fsp3) is 0.481. The van der Waals surface area contributed by atoms with E-state index in [9.17, 15) is 18.0 Å². The zero-order valence-electron chi connectivity index (χ0n) is 21.3. The first-order valence-electron chi connectivity index (χ1n) is 12.7. The van der Waals surface area contributed by atoms with Crippen LogP contribution in [-0.2, 0) is 26.0 Å². The Balaban J connectivity index is 1.88. The van der Waals surface area contributed by atoms with Gasteiger partial charge in [-0.1, -0.05) is 79.7 Å². The third-order valence-corrected chi connectivity index (χ3v) is 8.34. The van der Waals surface area contributed by atoms with Crippen molar-refractivity contribution in [2.75, 3.05) is 23.7 Å². The van der Waals surface area contributed by atoms with E-state index in [1.807, 2.05) is 37.3 Å². The second-order valence-electron chi connectivity index (χ2n) is 9.46. The molecule has 0 radical (unpaired) electrons. The van der Waals surface area contributed by atoms with Crippen LogP contribution in [-0.4, -0.2) is 56.6 Å². The summed E-state index contributed by atoms with van der Waals surface area (Å²) in [5, 5.41) is 3.60. The minimum absolute atomic E-state index is 0.0989. The minimum atomic E-state index is -3.87. The largest absolute Gasteiger partial charge is 0.352 e. The van der Waals surface area contributed by atoms with Gasteiger partial charge in [0.2, 0.25) is 21.8 Å². The smallest absolute Gasteiger partial charge is 0.244 e. The lowest BCUT2D eigenvalue weighted by atomic mass is 9.95. The van der Waals surface area contributed by atoms with Gasteiger partial charge in [-0.15, -0.1) is 0 Å². The molecule has 0 spiro atoms. The molecule has 37 heavy (non-hydrogen) atoms. The van der Waals surface area contributed by atoms with Crippen LogP contribution in [0.15, 0.2) is 48.5 Å². The molecule has 2 aromatic rings. The minimum Gasteiger partial charge on any atom is -0.352 e. The first-order valence-corrected chi connectivity index (χ1v) is 15.3. The molecule has 0 heterocycles. The van der Waals surface area contributed by atoms with Crippen molar-refractivity contribution in [3.05, 3.63) is 64.1 Å². The van der Waals surface area contributed by atoms with Crippen LogP contribution in [0.2, 0.25) is 10.0 Å². The number of sulfonamides is 1. The molecule has 1 atom stereocenters. The van der Waals surface area contributed by atoms with Gasteiger partial charge in [0.05, 0.1) is 17.0 Å². The number of hydrogen-bond acceptors (Lipinski definition) is 4. The topological polar surface area (TPSA) is 86.8 Å². The van der Waals surface area contributed by atoms with E-state index < -0.39 is 28.5 Å². The van der Waals surface area contributed by atoms with E-state index in [2.05, 4.69) is 5.32 Å². The Kier molecular flexibility index (Phi) is 10.7. The van der Waals surface area contributed by atoms with E-state index in [-0.39, 0.29) is 29.2 Å². The molecule has 0 aliphatic heterocycles. The van der Waals surface area contributed by atoms with Gasteiger partial charge >= 0.3 is 0 Å². The van der Waals surface area contributed by atoms with Crippen LogP contribution in [0.1, 0.15) is 51.0 Å². The van der Waals surface area contributed by atoms with Crippen molar-refractivity contribution in [3.8, 4) is 0 Å². The number of anilines is 1. The van der Waals surface area contributed by atoms with Gasteiger partial charge in [0.15, 0.2) is 0 Å². The van der Waals surface area contributed by atoms with Crippen molar-refractivity contribution < 1.29 is 18.0 Å². The molecule has 3 rings (SSSR count). The quantitative estimate of drug-likeness (QED) is 0.411. The lowest BCUT2D eigenvalue weighted by molar-refractivity contribution is -0.140. The maximum atomic E-state index is 13.7. The number of carbonyl (C=O) groups excluding carboxylic acids is 2. The van der Waals surface area contributed by atoms with Gasteiger partial charge in [0, 0.05) is 17.6 Å². The number of amides is 2. The summed E-state index contributed by atoms with van der Waals surface area (Å²) < 4.78 is 26.4.